The van der Waals surface area contributed by atoms with Crippen LogP contribution in [0.5, 0.6) is 0 Å². The van der Waals surface area contributed by atoms with Gasteiger partial charge in [-0.1, -0.05) is 152 Å². The van der Waals surface area contributed by atoms with Crippen molar-refractivity contribution in [1.82, 2.24) is 4.57 Å². The van der Waals surface area contributed by atoms with E-state index in [1.165, 1.54) is 0 Å². The molecule has 0 N–H and O–H groups in total. The third kappa shape index (κ3) is 4.90. The number of benzene rings is 6. The maximum atomic E-state index is 16.0. The van der Waals surface area contributed by atoms with Crippen molar-refractivity contribution >= 4 is 62.6 Å². The van der Waals surface area contributed by atoms with Crippen molar-refractivity contribution < 1.29 is 9.13 Å². The van der Waals surface area contributed by atoms with Crippen LogP contribution in [0.3, 0.4) is 0 Å². The Morgan fingerprint density at radius 1 is 0.489 bits per heavy atom. The summed E-state index contributed by atoms with van der Waals surface area (Å²) in [6.07, 6.45) is 8.85. The predicted molar refractivity (Wildman–Crippen MR) is 200 cm³/mol. The quantitative estimate of drug-likeness (QED) is 0.163. The Morgan fingerprint density at radius 3 is 1.51 bits per heavy atom. The third-order valence-electron chi connectivity index (χ3n) is 9.28. The maximum absolute atomic E-state index is 16.0. The highest BCUT2D eigenvalue weighted by Crippen LogP contribution is 2.53. The van der Waals surface area contributed by atoms with Gasteiger partial charge in [0.15, 0.2) is 7.14 Å². The van der Waals surface area contributed by atoms with E-state index in [2.05, 4.69) is 77.4 Å². The fourth-order valence-corrected chi connectivity index (χ4v) is 12.9. The summed E-state index contributed by atoms with van der Waals surface area (Å²) in [5, 5.41) is 5.92. The van der Waals surface area contributed by atoms with Gasteiger partial charge in [0.2, 0.25) is 0 Å². The summed E-state index contributed by atoms with van der Waals surface area (Å²) in [5.74, 6) is 0. The van der Waals surface area contributed by atoms with Gasteiger partial charge in [0, 0.05) is 48.6 Å². The molecule has 8 rings (SSSR count). The molecule has 2 atom stereocenters. The summed E-state index contributed by atoms with van der Waals surface area (Å²) in [5.41, 5.74) is 2.69. The first kappa shape index (κ1) is 29.5. The second-order valence-corrected chi connectivity index (χ2v) is 17.7. The van der Waals surface area contributed by atoms with Crippen LogP contribution in [0.4, 0.5) is 0 Å². The van der Waals surface area contributed by atoms with Crippen LogP contribution in [0.2, 0.25) is 0 Å². The van der Waals surface area contributed by atoms with E-state index in [1.54, 1.807) is 0 Å². The van der Waals surface area contributed by atoms with Crippen LogP contribution in [0.25, 0.3) is 27.5 Å². The van der Waals surface area contributed by atoms with Crippen molar-refractivity contribution in [2.45, 2.75) is 12.1 Å². The van der Waals surface area contributed by atoms with Gasteiger partial charge in [0.05, 0.1) is 11.0 Å². The van der Waals surface area contributed by atoms with Gasteiger partial charge in [-0.2, -0.15) is 0 Å². The third-order valence-corrected chi connectivity index (χ3v) is 15.7. The van der Waals surface area contributed by atoms with Crippen LogP contribution in [0, 0.1) is 0 Å². The van der Waals surface area contributed by atoms with Gasteiger partial charge in [0.1, 0.15) is 7.14 Å². The van der Waals surface area contributed by atoms with E-state index in [4.69, 9.17) is 0 Å². The SMILES string of the molecule is O=P(c1ccccc1)(c1ccccc1)c1cc(-n2c3ccccc3c3ccccc32)cc(P(=O)(c2ccccc2)C2C=CC=CC2)c1. The van der Waals surface area contributed by atoms with E-state index in [1.807, 2.05) is 109 Å². The molecule has 6 aromatic carbocycles. The van der Waals surface area contributed by atoms with Gasteiger partial charge in [-0.15, -0.1) is 0 Å². The monoisotopic (exact) mass is 645 g/mol. The number of nitrogens with zero attached hydrogens (tertiary/aromatic N) is 1. The minimum Gasteiger partial charge on any atom is -0.313 e. The Labute approximate surface area is 275 Å². The van der Waals surface area contributed by atoms with E-state index in [0.29, 0.717) is 17.0 Å². The molecule has 0 amide bonds. The molecule has 1 aliphatic rings. The molecule has 0 aliphatic heterocycles. The molecule has 47 heavy (non-hydrogen) atoms. The van der Waals surface area contributed by atoms with Gasteiger partial charge in [-0.3, -0.25) is 0 Å². The van der Waals surface area contributed by atoms with E-state index in [-0.39, 0.29) is 5.66 Å². The predicted octanol–water partition coefficient (Wildman–Crippen LogP) is 8.62. The van der Waals surface area contributed by atoms with Crippen LogP contribution < -0.4 is 26.5 Å². The molecule has 1 heterocycles. The molecule has 1 aromatic heterocycles. The molecule has 0 fully saturated rings. The smallest absolute Gasteiger partial charge is 0.171 e. The number of rotatable bonds is 7. The molecule has 228 valence electrons. The van der Waals surface area contributed by atoms with E-state index in [0.717, 1.165) is 43.4 Å². The fraction of sp³-hybridized carbons (Fsp3) is 0.0476. The topological polar surface area (TPSA) is 39.1 Å². The summed E-state index contributed by atoms with van der Waals surface area (Å²) < 4.78 is 34.2. The van der Waals surface area contributed by atoms with Gasteiger partial charge < -0.3 is 13.7 Å². The van der Waals surface area contributed by atoms with Crippen LogP contribution >= 0.6 is 14.3 Å². The number of para-hydroxylation sites is 2. The van der Waals surface area contributed by atoms with Gasteiger partial charge in [-0.05, 0) is 36.8 Å². The fourth-order valence-electron chi connectivity index (χ4n) is 7.02. The molecular weight excluding hydrogens is 612 g/mol. The summed E-state index contributed by atoms with van der Waals surface area (Å²) in [6.45, 7) is 0. The summed E-state index contributed by atoms with van der Waals surface area (Å²) in [7, 11) is -6.72. The average Bonchev–Trinajstić information content (AvgIpc) is 3.50. The molecular formula is C42H33NO2P2. The van der Waals surface area contributed by atoms with Crippen molar-refractivity contribution in [1.29, 1.82) is 0 Å². The van der Waals surface area contributed by atoms with Crippen molar-refractivity contribution in [3.05, 3.63) is 182 Å². The highest BCUT2D eigenvalue weighted by Gasteiger charge is 2.38. The second-order valence-electron chi connectivity index (χ2n) is 12.0. The van der Waals surface area contributed by atoms with Gasteiger partial charge in [-0.25, -0.2) is 0 Å². The lowest BCUT2D eigenvalue weighted by Gasteiger charge is -2.29. The molecule has 0 saturated carbocycles. The number of aromatic nitrogens is 1. The van der Waals surface area contributed by atoms with E-state index in [9.17, 15) is 0 Å². The number of hydrogen-bond acceptors (Lipinski definition) is 2. The molecule has 5 heteroatoms. The second kappa shape index (κ2) is 12.0. The lowest BCUT2D eigenvalue weighted by molar-refractivity contribution is 0.582. The molecule has 0 saturated heterocycles. The maximum Gasteiger partial charge on any atom is 0.171 e. The molecule has 0 spiro atoms. The lowest BCUT2D eigenvalue weighted by atomic mass is 10.2. The summed E-state index contributed by atoms with van der Waals surface area (Å²) in [4.78, 5) is 0. The first-order valence-corrected chi connectivity index (χ1v) is 19.4. The lowest BCUT2D eigenvalue weighted by Crippen LogP contribution is -2.31. The Bertz CT molecular complexity index is 2300. The molecule has 3 nitrogen and oxygen atoms in total. The molecule has 2 unspecified atom stereocenters. The minimum absolute atomic E-state index is 0.232. The van der Waals surface area contributed by atoms with Gasteiger partial charge in [0.25, 0.3) is 0 Å². The Balaban J connectivity index is 1.51. The Kier molecular flexibility index (Phi) is 7.53. The van der Waals surface area contributed by atoms with E-state index < -0.39 is 14.3 Å². The first-order chi connectivity index (χ1) is 23.1. The highest BCUT2D eigenvalue weighted by atomic mass is 31.2. The van der Waals surface area contributed by atoms with Crippen LogP contribution in [-0.4, -0.2) is 10.2 Å². The zero-order valence-electron chi connectivity index (χ0n) is 25.8. The van der Waals surface area contributed by atoms with Crippen LogP contribution in [0.15, 0.2) is 182 Å². The molecule has 0 radical (unpaired) electrons. The average molecular weight is 646 g/mol. The molecule has 1 aliphatic carbocycles. The number of hydrogen-bond donors (Lipinski definition) is 0. The number of allylic oxidation sites excluding steroid dienone is 4. The zero-order chi connectivity index (χ0) is 31.8. The summed E-state index contributed by atoms with van der Waals surface area (Å²) >= 11 is 0. The van der Waals surface area contributed by atoms with Crippen molar-refractivity contribution in [2.75, 3.05) is 0 Å². The van der Waals surface area contributed by atoms with Crippen LogP contribution in [-0.2, 0) is 9.13 Å². The normalized spacial score (nSPS) is 16.0. The van der Waals surface area contributed by atoms with E-state index >= 15 is 9.13 Å². The van der Waals surface area contributed by atoms with Gasteiger partial charge >= 0.3 is 0 Å². The van der Waals surface area contributed by atoms with Crippen molar-refractivity contribution in [3.63, 3.8) is 0 Å². The standard InChI is InChI=1S/C42H33NO2P2/c44-46(33-17-5-1-6-18-33,34-19-7-2-8-20-34)37-29-32(43-41-27-15-13-25-39(41)40-26-14-16-28-42(40)43)30-38(31-37)47(45,35-21-9-3-10-22-35)36-23-11-4-12-24-36/h1-23,25-31,36H,24H2. The largest absolute Gasteiger partial charge is 0.313 e. The molecule has 0 bridgehead atoms. The summed E-state index contributed by atoms with van der Waals surface area (Å²) in [6, 6.07) is 52.2. The highest BCUT2D eigenvalue weighted by molar-refractivity contribution is 7.85. The van der Waals surface area contributed by atoms with Crippen LogP contribution in [0.1, 0.15) is 6.42 Å². The minimum atomic E-state index is -3.42. The zero-order valence-corrected chi connectivity index (χ0v) is 27.6. The Morgan fingerprint density at radius 2 is 0.979 bits per heavy atom. The molecule has 7 aromatic rings. The number of fused-ring (bicyclic) bond motifs is 3. The van der Waals surface area contributed by atoms with Crippen molar-refractivity contribution in [2.24, 2.45) is 0 Å². The van der Waals surface area contributed by atoms with Crippen molar-refractivity contribution in [3.8, 4) is 5.69 Å². The Hall–Kier alpha value is -4.94. The first-order valence-electron chi connectivity index (χ1n) is 15.9.